The Morgan fingerprint density at radius 3 is 2.69 bits per heavy atom. The molecule has 0 aromatic heterocycles. The summed E-state index contributed by atoms with van der Waals surface area (Å²) in [5, 5.41) is 9.90. The number of benzene rings is 1. The van der Waals surface area contributed by atoms with Crippen molar-refractivity contribution in [2.24, 2.45) is 28.6 Å². The fraction of sp³-hybridized carbons (Fsp3) is 0.696. The maximum atomic E-state index is 12.0. The molecule has 2 saturated carbocycles. The van der Waals surface area contributed by atoms with Crippen molar-refractivity contribution in [1.29, 1.82) is 0 Å². The van der Waals surface area contributed by atoms with E-state index in [-0.39, 0.29) is 17.3 Å². The van der Waals surface area contributed by atoms with Gasteiger partial charge in [0, 0.05) is 0 Å². The van der Waals surface area contributed by atoms with Crippen LogP contribution in [0, 0.1) is 28.6 Å². The SMILES string of the molecule is COc1cccc(CCC2C(C(=O)O)CCC3C(C)(C)CCCC23C)c1. The van der Waals surface area contributed by atoms with Gasteiger partial charge in [-0.25, -0.2) is 0 Å². The van der Waals surface area contributed by atoms with Crippen LogP contribution in [-0.4, -0.2) is 18.2 Å². The molecular weight excluding hydrogens is 324 g/mol. The van der Waals surface area contributed by atoms with Gasteiger partial charge >= 0.3 is 5.97 Å². The van der Waals surface area contributed by atoms with Crippen molar-refractivity contribution in [3.05, 3.63) is 29.8 Å². The van der Waals surface area contributed by atoms with E-state index in [1.54, 1.807) is 7.11 Å². The average Bonchev–Trinajstić information content (AvgIpc) is 2.59. The first-order valence-electron chi connectivity index (χ1n) is 10.1. The largest absolute Gasteiger partial charge is 0.497 e. The predicted octanol–water partition coefficient (Wildman–Crippen LogP) is 5.57. The zero-order valence-electron chi connectivity index (χ0n) is 16.8. The van der Waals surface area contributed by atoms with E-state index in [2.05, 4.69) is 32.9 Å². The van der Waals surface area contributed by atoms with Crippen LogP contribution in [0.4, 0.5) is 0 Å². The van der Waals surface area contributed by atoms with Crippen LogP contribution in [0.25, 0.3) is 0 Å². The third kappa shape index (κ3) is 3.50. The van der Waals surface area contributed by atoms with Crippen molar-refractivity contribution in [2.75, 3.05) is 7.11 Å². The lowest BCUT2D eigenvalue weighted by Crippen LogP contribution is -2.53. The van der Waals surface area contributed by atoms with Gasteiger partial charge in [-0.1, -0.05) is 39.3 Å². The van der Waals surface area contributed by atoms with Gasteiger partial charge in [-0.3, -0.25) is 4.79 Å². The van der Waals surface area contributed by atoms with Crippen LogP contribution in [-0.2, 0) is 11.2 Å². The quantitative estimate of drug-likeness (QED) is 0.748. The minimum atomic E-state index is -0.594. The highest BCUT2D eigenvalue weighted by atomic mass is 16.5. The third-order valence-corrected chi connectivity index (χ3v) is 7.57. The summed E-state index contributed by atoms with van der Waals surface area (Å²) >= 11 is 0. The highest BCUT2D eigenvalue weighted by Crippen LogP contribution is 2.62. The van der Waals surface area contributed by atoms with E-state index in [9.17, 15) is 9.90 Å². The number of aryl methyl sites for hydroxylation is 1. The first kappa shape index (κ1) is 19.3. The topological polar surface area (TPSA) is 46.5 Å². The Kier molecular flexibility index (Phi) is 5.37. The van der Waals surface area contributed by atoms with Crippen molar-refractivity contribution in [3.8, 4) is 5.75 Å². The number of carboxylic acids is 1. The summed E-state index contributed by atoms with van der Waals surface area (Å²) in [6.07, 6.45) is 7.45. The maximum Gasteiger partial charge on any atom is 0.306 e. The van der Waals surface area contributed by atoms with Gasteiger partial charge in [0.2, 0.25) is 0 Å². The molecule has 3 nitrogen and oxygen atoms in total. The molecule has 26 heavy (non-hydrogen) atoms. The molecular formula is C23H34O3. The fourth-order valence-corrected chi connectivity index (χ4v) is 6.31. The molecule has 2 aliphatic carbocycles. The molecule has 1 N–H and O–H groups in total. The minimum Gasteiger partial charge on any atom is -0.497 e. The number of methoxy groups -OCH3 is 1. The lowest BCUT2D eigenvalue weighted by molar-refractivity contribution is -0.158. The van der Waals surface area contributed by atoms with Gasteiger partial charge in [-0.05, 0) is 78.9 Å². The second kappa shape index (κ2) is 7.25. The molecule has 0 radical (unpaired) electrons. The van der Waals surface area contributed by atoms with Crippen LogP contribution in [0.15, 0.2) is 24.3 Å². The number of ether oxygens (including phenoxy) is 1. The number of fused-ring (bicyclic) bond motifs is 1. The lowest BCUT2D eigenvalue weighted by Gasteiger charge is -2.59. The molecule has 0 amide bonds. The third-order valence-electron chi connectivity index (χ3n) is 7.57. The number of aliphatic carboxylic acids is 1. The molecule has 4 unspecified atom stereocenters. The monoisotopic (exact) mass is 358 g/mol. The van der Waals surface area contributed by atoms with E-state index < -0.39 is 5.97 Å². The standard InChI is InChI=1S/C23H34O3/c1-22(2)13-6-14-23(3)19(18(21(24)25)10-12-20(22)23)11-9-16-7-5-8-17(15-16)26-4/h5,7-8,15,18-20H,6,9-14H2,1-4H3,(H,24,25). The van der Waals surface area contributed by atoms with Crippen molar-refractivity contribution in [1.82, 2.24) is 0 Å². The van der Waals surface area contributed by atoms with E-state index in [1.807, 2.05) is 12.1 Å². The molecule has 4 atom stereocenters. The van der Waals surface area contributed by atoms with Crippen LogP contribution >= 0.6 is 0 Å². The Morgan fingerprint density at radius 2 is 2.00 bits per heavy atom. The van der Waals surface area contributed by atoms with Crippen LogP contribution in [0.2, 0.25) is 0 Å². The number of hydrogen-bond acceptors (Lipinski definition) is 2. The normalized spacial score (nSPS) is 33.3. The van der Waals surface area contributed by atoms with Crippen molar-refractivity contribution < 1.29 is 14.6 Å². The van der Waals surface area contributed by atoms with Gasteiger partial charge in [0.15, 0.2) is 0 Å². The van der Waals surface area contributed by atoms with Gasteiger partial charge in [-0.2, -0.15) is 0 Å². The van der Waals surface area contributed by atoms with E-state index in [0.717, 1.165) is 31.4 Å². The Balaban J connectivity index is 1.85. The summed E-state index contributed by atoms with van der Waals surface area (Å²) in [7, 11) is 1.69. The molecule has 2 aliphatic rings. The lowest BCUT2D eigenvalue weighted by atomic mass is 9.46. The highest BCUT2D eigenvalue weighted by Gasteiger charge is 2.55. The Labute approximate surface area is 158 Å². The number of carboxylic acid groups (broad SMARTS) is 1. The van der Waals surface area contributed by atoms with Crippen molar-refractivity contribution in [3.63, 3.8) is 0 Å². The molecule has 1 aromatic carbocycles. The van der Waals surface area contributed by atoms with Gasteiger partial charge in [-0.15, -0.1) is 0 Å². The minimum absolute atomic E-state index is 0.141. The Hall–Kier alpha value is -1.51. The maximum absolute atomic E-state index is 12.0. The van der Waals surface area contributed by atoms with E-state index >= 15 is 0 Å². The second-order valence-corrected chi connectivity index (χ2v) is 9.42. The van der Waals surface area contributed by atoms with Gasteiger partial charge in [0.1, 0.15) is 5.75 Å². The summed E-state index contributed by atoms with van der Waals surface area (Å²) in [4.78, 5) is 12.0. The first-order chi connectivity index (χ1) is 12.3. The molecule has 0 bridgehead atoms. The highest BCUT2D eigenvalue weighted by molar-refractivity contribution is 5.70. The molecule has 0 heterocycles. The average molecular weight is 359 g/mol. The van der Waals surface area contributed by atoms with Gasteiger partial charge in [0.05, 0.1) is 13.0 Å². The Bertz CT molecular complexity index is 651. The van der Waals surface area contributed by atoms with Gasteiger partial charge < -0.3 is 9.84 Å². The molecule has 1 aromatic rings. The first-order valence-corrected chi connectivity index (χ1v) is 10.1. The number of carbonyl (C=O) groups is 1. The van der Waals surface area contributed by atoms with Crippen molar-refractivity contribution >= 4 is 5.97 Å². The van der Waals surface area contributed by atoms with Crippen LogP contribution in [0.5, 0.6) is 5.75 Å². The summed E-state index contributed by atoms with van der Waals surface area (Å²) < 4.78 is 5.34. The number of rotatable bonds is 5. The molecule has 2 fully saturated rings. The summed E-state index contributed by atoms with van der Waals surface area (Å²) in [5.41, 5.74) is 1.71. The molecule has 0 spiro atoms. The zero-order chi connectivity index (χ0) is 18.9. The molecule has 0 saturated heterocycles. The number of hydrogen-bond donors (Lipinski definition) is 1. The van der Waals surface area contributed by atoms with Crippen LogP contribution in [0.1, 0.15) is 64.9 Å². The zero-order valence-corrected chi connectivity index (χ0v) is 16.8. The second-order valence-electron chi connectivity index (χ2n) is 9.42. The van der Waals surface area contributed by atoms with Gasteiger partial charge in [0.25, 0.3) is 0 Å². The summed E-state index contributed by atoms with van der Waals surface area (Å²) in [6, 6.07) is 8.21. The Morgan fingerprint density at radius 1 is 1.23 bits per heavy atom. The summed E-state index contributed by atoms with van der Waals surface area (Å²) in [5.74, 6) is 0.974. The van der Waals surface area contributed by atoms with Crippen LogP contribution in [0.3, 0.4) is 0 Å². The predicted molar refractivity (Wildman–Crippen MR) is 104 cm³/mol. The molecule has 3 rings (SSSR count). The van der Waals surface area contributed by atoms with Crippen LogP contribution < -0.4 is 4.74 Å². The van der Waals surface area contributed by atoms with E-state index in [1.165, 1.54) is 24.8 Å². The smallest absolute Gasteiger partial charge is 0.306 e. The molecule has 144 valence electrons. The van der Waals surface area contributed by atoms with Crippen molar-refractivity contribution in [2.45, 2.75) is 65.7 Å². The molecule has 0 aliphatic heterocycles. The summed E-state index contributed by atoms with van der Waals surface area (Å²) in [6.45, 7) is 7.19. The molecule has 3 heteroatoms. The van der Waals surface area contributed by atoms with E-state index in [0.29, 0.717) is 11.3 Å². The fourth-order valence-electron chi connectivity index (χ4n) is 6.31. The van der Waals surface area contributed by atoms with E-state index in [4.69, 9.17) is 4.74 Å².